The lowest BCUT2D eigenvalue weighted by Gasteiger charge is -2.09. The van der Waals surface area contributed by atoms with Crippen LogP contribution in [0.15, 0.2) is 42.5 Å². The molecule has 22 heavy (non-hydrogen) atoms. The van der Waals surface area contributed by atoms with Gasteiger partial charge >= 0.3 is 0 Å². The first-order chi connectivity index (χ1) is 10.5. The number of aryl methyl sites for hydroxylation is 1. The summed E-state index contributed by atoms with van der Waals surface area (Å²) in [6.07, 6.45) is -0.406. The number of rotatable bonds is 4. The number of carbonyl (C=O) groups is 2. The van der Waals surface area contributed by atoms with Gasteiger partial charge in [0.05, 0.1) is 5.69 Å². The van der Waals surface area contributed by atoms with Gasteiger partial charge in [0, 0.05) is 10.7 Å². The van der Waals surface area contributed by atoms with Crippen molar-refractivity contribution in [1.29, 1.82) is 0 Å². The molecule has 0 saturated carbocycles. The van der Waals surface area contributed by atoms with E-state index in [-0.39, 0.29) is 5.69 Å². The summed E-state index contributed by atoms with van der Waals surface area (Å²) in [7, 11) is 0. The van der Waals surface area contributed by atoms with Crippen LogP contribution in [0.1, 0.15) is 12.0 Å². The standard InChI is InChI=1S/C16H14ClFN2O2/c1-10-8-11(17)6-7-13(10)19-15(21)9-16(22)20-14-5-3-2-4-12(14)18/h2-8H,9H2,1H3,(H,19,21)(H,20,22). The smallest absolute Gasteiger partial charge is 0.233 e. The maximum atomic E-state index is 13.4. The van der Waals surface area contributed by atoms with E-state index in [4.69, 9.17) is 11.6 Å². The average Bonchev–Trinajstić information content (AvgIpc) is 2.44. The zero-order valence-electron chi connectivity index (χ0n) is 11.8. The van der Waals surface area contributed by atoms with Crippen LogP contribution < -0.4 is 10.6 Å². The Morgan fingerprint density at radius 3 is 2.32 bits per heavy atom. The summed E-state index contributed by atoms with van der Waals surface area (Å²) in [6.45, 7) is 1.79. The number of anilines is 2. The van der Waals surface area contributed by atoms with Crippen molar-refractivity contribution >= 4 is 34.8 Å². The Hall–Kier alpha value is -2.40. The summed E-state index contributed by atoms with van der Waals surface area (Å²) in [5, 5.41) is 5.53. The number of nitrogens with one attached hydrogen (secondary N) is 2. The number of hydrogen-bond donors (Lipinski definition) is 2. The van der Waals surface area contributed by atoms with Gasteiger partial charge in [0.2, 0.25) is 11.8 Å². The fourth-order valence-electron chi connectivity index (χ4n) is 1.86. The van der Waals surface area contributed by atoms with Gasteiger partial charge in [0.25, 0.3) is 0 Å². The van der Waals surface area contributed by atoms with Crippen molar-refractivity contribution in [3.05, 3.63) is 58.9 Å². The molecule has 0 radical (unpaired) electrons. The van der Waals surface area contributed by atoms with Crippen LogP contribution in [0.25, 0.3) is 0 Å². The molecule has 0 aromatic heterocycles. The third-order valence-electron chi connectivity index (χ3n) is 2.93. The fraction of sp³-hybridized carbons (Fsp3) is 0.125. The van der Waals surface area contributed by atoms with Crippen molar-refractivity contribution in [2.45, 2.75) is 13.3 Å². The van der Waals surface area contributed by atoms with Crippen molar-refractivity contribution in [3.63, 3.8) is 0 Å². The number of amides is 2. The Kier molecular flexibility index (Phi) is 5.12. The normalized spacial score (nSPS) is 10.1. The van der Waals surface area contributed by atoms with E-state index in [1.54, 1.807) is 31.2 Å². The Balaban J connectivity index is 1.94. The van der Waals surface area contributed by atoms with Crippen LogP contribution in [0.3, 0.4) is 0 Å². The van der Waals surface area contributed by atoms with E-state index < -0.39 is 24.1 Å². The summed E-state index contributed by atoms with van der Waals surface area (Å²) in [6, 6.07) is 10.8. The molecular formula is C16H14ClFN2O2. The quantitative estimate of drug-likeness (QED) is 0.843. The van der Waals surface area contributed by atoms with Gasteiger partial charge in [-0.1, -0.05) is 23.7 Å². The van der Waals surface area contributed by atoms with Crippen molar-refractivity contribution in [2.75, 3.05) is 10.6 Å². The van der Waals surface area contributed by atoms with Crippen LogP contribution in [0.4, 0.5) is 15.8 Å². The van der Waals surface area contributed by atoms with E-state index >= 15 is 0 Å². The molecule has 0 fully saturated rings. The summed E-state index contributed by atoms with van der Waals surface area (Å²) >= 11 is 5.83. The molecule has 4 nitrogen and oxygen atoms in total. The van der Waals surface area contributed by atoms with Crippen LogP contribution in [-0.4, -0.2) is 11.8 Å². The Bertz CT molecular complexity index is 719. The van der Waals surface area contributed by atoms with Crippen molar-refractivity contribution in [2.24, 2.45) is 0 Å². The molecule has 6 heteroatoms. The average molecular weight is 321 g/mol. The van der Waals surface area contributed by atoms with E-state index in [9.17, 15) is 14.0 Å². The number of carbonyl (C=O) groups excluding carboxylic acids is 2. The molecule has 2 aromatic rings. The highest BCUT2D eigenvalue weighted by atomic mass is 35.5. The highest BCUT2D eigenvalue weighted by Crippen LogP contribution is 2.19. The minimum atomic E-state index is -0.589. The molecule has 0 bridgehead atoms. The minimum Gasteiger partial charge on any atom is -0.325 e. The van der Waals surface area contributed by atoms with Gasteiger partial charge in [-0.25, -0.2) is 4.39 Å². The van der Waals surface area contributed by atoms with Crippen molar-refractivity contribution < 1.29 is 14.0 Å². The number of hydrogen-bond acceptors (Lipinski definition) is 2. The Morgan fingerprint density at radius 2 is 1.68 bits per heavy atom. The summed E-state index contributed by atoms with van der Waals surface area (Å²) in [5.41, 5.74) is 1.41. The lowest BCUT2D eigenvalue weighted by atomic mass is 10.2. The second-order valence-corrected chi connectivity index (χ2v) is 5.15. The van der Waals surface area contributed by atoms with E-state index in [2.05, 4.69) is 10.6 Å². The predicted octanol–water partition coefficient (Wildman–Crippen LogP) is 3.75. The summed E-state index contributed by atoms with van der Waals surface area (Å²) in [4.78, 5) is 23.6. The third kappa shape index (κ3) is 4.30. The van der Waals surface area contributed by atoms with Crippen LogP contribution in [-0.2, 0) is 9.59 Å². The van der Waals surface area contributed by atoms with Crippen molar-refractivity contribution in [3.8, 4) is 0 Å². The van der Waals surface area contributed by atoms with Gasteiger partial charge in [-0.15, -0.1) is 0 Å². The van der Waals surface area contributed by atoms with Gasteiger partial charge < -0.3 is 10.6 Å². The molecule has 2 aromatic carbocycles. The van der Waals surface area contributed by atoms with Gasteiger partial charge in [0.1, 0.15) is 12.2 Å². The first kappa shape index (κ1) is 16.0. The molecule has 0 unspecified atom stereocenters. The van der Waals surface area contributed by atoms with E-state index in [0.717, 1.165) is 5.56 Å². The maximum absolute atomic E-state index is 13.4. The molecule has 2 N–H and O–H groups in total. The molecule has 0 aliphatic rings. The molecule has 2 rings (SSSR count). The number of halogens is 2. The largest absolute Gasteiger partial charge is 0.325 e. The SMILES string of the molecule is Cc1cc(Cl)ccc1NC(=O)CC(=O)Nc1ccccc1F. The molecule has 0 saturated heterocycles. The highest BCUT2D eigenvalue weighted by molar-refractivity contribution is 6.30. The topological polar surface area (TPSA) is 58.2 Å². The molecular weight excluding hydrogens is 307 g/mol. The Morgan fingerprint density at radius 1 is 1.05 bits per heavy atom. The van der Waals surface area contributed by atoms with Gasteiger partial charge in [-0.05, 0) is 42.8 Å². The number of benzene rings is 2. The summed E-state index contributed by atoms with van der Waals surface area (Å²) < 4.78 is 13.4. The third-order valence-corrected chi connectivity index (χ3v) is 3.17. The van der Waals surface area contributed by atoms with E-state index in [1.807, 2.05) is 0 Å². The zero-order valence-corrected chi connectivity index (χ0v) is 12.6. The maximum Gasteiger partial charge on any atom is 0.233 e. The minimum absolute atomic E-state index is 0.0444. The summed E-state index contributed by atoms with van der Waals surface area (Å²) in [5.74, 6) is -1.63. The second-order valence-electron chi connectivity index (χ2n) is 4.71. The lowest BCUT2D eigenvalue weighted by molar-refractivity contribution is -0.123. The molecule has 0 heterocycles. The highest BCUT2D eigenvalue weighted by Gasteiger charge is 2.12. The fourth-order valence-corrected chi connectivity index (χ4v) is 2.09. The molecule has 0 aliphatic heterocycles. The zero-order chi connectivity index (χ0) is 16.1. The van der Waals surface area contributed by atoms with Gasteiger partial charge in [0.15, 0.2) is 0 Å². The molecule has 114 valence electrons. The van der Waals surface area contributed by atoms with Crippen LogP contribution in [0, 0.1) is 12.7 Å². The molecule has 0 atom stereocenters. The van der Waals surface area contributed by atoms with E-state index in [0.29, 0.717) is 10.7 Å². The van der Waals surface area contributed by atoms with Gasteiger partial charge in [-0.2, -0.15) is 0 Å². The van der Waals surface area contributed by atoms with Crippen LogP contribution in [0.2, 0.25) is 5.02 Å². The van der Waals surface area contributed by atoms with Crippen LogP contribution >= 0.6 is 11.6 Å². The van der Waals surface area contributed by atoms with Crippen molar-refractivity contribution in [1.82, 2.24) is 0 Å². The van der Waals surface area contributed by atoms with E-state index in [1.165, 1.54) is 18.2 Å². The van der Waals surface area contributed by atoms with Crippen LogP contribution in [0.5, 0.6) is 0 Å². The number of para-hydroxylation sites is 1. The Labute approximate surface area is 132 Å². The molecule has 2 amide bonds. The first-order valence-corrected chi connectivity index (χ1v) is 6.94. The first-order valence-electron chi connectivity index (χ1n) is 6.56. The second kappa shape index (κ2) is 7.04. The van der Waals surface area contributed by atoms with Gasteiger partial charge in [-0.3, -0.25) is 9.59 Å². The molecule has 0 aliphatic carbocycles. The predicted molar refractivity (Wildman–Crippen MR) is 84.5 cm³/mol. The molecule has 0 spiro atoms. The lowest BCUT2D eigenvalue weighted by Crippen LogP contribution is -2.22. The monoisotopic (exact) mass is 320 g/mol.